The molecule has 2 aromatic heterocycles. The Morgan fingerprint density at radius 1 is 1.31 bits per heavy atom. The van der Waals surface area contributed by atoms with E-state index >= 15 is 0 Å². The number of carbonyl (C=O) groups is 2. The maximum absolute atomic E-state index is 14.3. The van der Waals surface area contributed by atoms with Crippen LogP contribution < -0.4 is 10.1 Å². The van der Waals surface area contributed by atoms with Crippen LogP contribution in [0.4, 0.5) is 9.18 Å². The Morgan fingerprint density at radius 2 is 2.00 bits per heavy atom. The number of aliphatic hydroxyl groups excluding tert-OH is 1. The molecular formula is C21H28FN5O5. The van der Waals surface area contributed by atoms with Crippen LogP contribution in [0.15, 0.2) is 12.3 Å². The second kappa shape index (κ2) is 9.11. The van der Waals surface area contributed by atoms with Gasteiger partial charge < -0.3 is 24.8 Å². The normalized spacial score (nSPS) is 14.2. The molecular weight excluding hydrogens is 421 g/mol. The maximum atomic E-state index is 14.3. The molecule has 3 heterocycles. The van der Waals surface area contributed by atoms with E-state index in [2.05, 4.69) is 15.4 Å². The summed E-state index contributed by atoms with van der Waals surface area (Å²) in [6, 6.07) is 1.40. The Hall–Kier alpha value is -3.21. The van der Waals surface area contributed by atoms with Crippen LogP contribution in [-0.2, 0) is 4.74 Å². The first-order valence-electron chi connectivity index (χ1n) is 10.3. The molecule has 10 nitrogen and oxygen atoms in total. The van der Waals surface area contributed by atoms with E-state index in [-0.39, 0.29) is 49.8 Å². The fourth-order valence-electron chi connectivity index (χ4n) is 3.24. The van der Waals surface area contributed by atoms with Gasteiger partial charge in [0.15, 0.2) is 17.4 Å². The first-order valence-corrected chi connectivity index (χ1v) is 10.3. The second-order valence-corrected chi connectivity index (χ2v) is 8.54. The summed E-state index contributed by atoms with van der Waals surface area (Å²) < 4.78 is 26.8. The molecule has 0 bridgehead atoms. The zero-order chi connectivity index (χ0) is 23.6. The van der Waals surface area contributed by atoms with E-state index in [1.165, 1.54) is 15.6 Å². The van der Waals surface area contributed by atoms with E-state index in [9.17, 15) is 14.0 Å². The molecule has 0 unspecified atom stereocenters. The highest BCUT2D eigenvalue weighted by Gasteiger charge is 2.35. The largest absolute Gasteiger partial charge is 0.483 e. The fraction of sp³-hybridized carbons (Fsp3) is 0.524. The summed E-state index contributed by atoms with van der Waals surface area (Å²) in [6.45, 7) is 9.24. The summed E-state index contributed by atoms with van der Waals surface area (Å²) in [6.07, 6.45) is 0.201. The third kappa shape index (κ3) is 5.16. The van der Waals surface area contributed by atoms with E-state index in [1.54, 1.807) is 34.6 Å². The third-order valence-corrected chi connectivity index (χ3v) is 4.73. The van der Waals surface area contributed by atoms with Gasteiger partial charge in [-0.3, -0.25) is 4.79 Å². The lowest BCUT2D eigenvalue weighted by molar-refractivity contribution is -0.0229. The summed E-state index contributed by atoms with van der Waals surface area (Å²) in [5.74, 6) is -0.753. The lowest BCUT2D eigenvalue weighted by atomic mass is 10.1. The van der Waals surface area contributed by atoms with Gasteiger partial charge in [0.05, 0.1) is 42.8 Å². The Balaban J connectivity index is 1.72. The van der Waals surface area contributed by atoms with Crippen molar-refractivity contribution in [1.82, 2.24) is 25.0 Å². The number of carbonyl (C=O) groups excluding carboxylic acids is 2. The van der Waals surface area contributed by atoms with E-state index in [4.69, 9.17) is 14.6 Å². The molecule has 32 heavy (non-hydrogen) atoms. The zero-order valence-corrected chi connectivity index (χ0v) is 18.8. The maximum Gasteiger partial charge on any atom is 0.410 e. The first kappa shape index (κ1) is 23.5. The first-order chi connectivity index (χ1) is 15.0. The van der Waals surface area contributed by atoms with Crippen LogP contribution in [0, 0.1) is 19.7 Å². The van der Waals surface area contributed by atoms with Crippen LogP contribution in [0.2, 0.25) is 0 Å². The van der Waals surface area contributed by atoms with Gasteiger partial charge in [0.2, 0.25) is 0 Å². The molecule has 0 atom stereocenters. The summed E-state index contributed by atoms with van der Waals surface area (Å²) >= 11 is 0. The minimum atomic E-state index is -0.646. The molecule has 1 saturated heterocycles. The molecule has 1 aliphatic rings. The van der Waals surface area contributed by atoms with Crippen LogP contribution in [0.5, 0.6) is 5.75 Å². The number of amides is 2. The van der Waals surface area contributed by atoms with Crippen molar-refractivity contribution in [3.63, 3.8) is 0 Å². The number of hydrogen-bond donors (Lipinski definition) is 2. The summed E-state index contributed by atoms with van der Waals surface area (Å²) in [4.78, 5) is 29.9. The monoisotopic (exact) mass is 449 g/mol. The molecule has 2 N–H and O–H groups in total. The average molecular weight is 449 g/mol. The molecule has 2 amide bonds. The predicted octanol–water partition coefficient (Wildman–Crippen LogP) is 1.74. The van der Waals surface area contributed by atoms with E-state index in [0.29, 0.717) is 17.0 Å². The molecule has 174 valence electrons. The number of pyridine rings is 1. The van der Waals surface area contributed by atoms with Gasteiger partial charge in [0.25, 0.3) is 5.91 Å². The van der Waals surface area contributed by atoms with Gasteiger partial charge >= 0.3 is 6.09 Å². The number of rotatable bonds is 6. The Bertz CT molecular complexity index is 1010. The van der Waals surface area contributed by atoms with E-state index in [0.717, 1.165) is 6.20 Å². The van der Waals surface area contributed by atoms with Crippen molar-refractivity contribution < 1.29 is 28.6 Å². The molecule has 0 radical (unpaired) electrons. The molecule has 0 aromatic carbocycles. The van der Waals surface area contributed by atoms with Crippen LogP contribution in [-0.4, -0.2) is 74.7 Å². The van der Waals surface area contributed by atoms with Crippen molar-refractivity contribution in [2.45, 2.75) is 46.3 Å². The van der Waals surface area contributed by atoms with Crippen LogP contribution >= 0.6 is 0 Å². The number of nitrogens with zero attached hydrogens (tertiary/aromatic N) is 4. The minimum absolute atomic E-state index is 0.0253. The number of nitrogens with one attached hydrogen (secondary N) is 1. The van der Waals surface area contributed by atoms with Gasteiger partial charge in [-0.05, 0) is 34.6 Å². The number of aromatic nitrogens is 3. The summed E-state index contributed by atoms with van der Waals surface area (Å²) in [5.41, 5.74) is 0.753. The number of ether oxygens (including phenoxy) is 2. The third-order valence-electron chi connectivity index (χ3n) is 4.73. The Labute approximate surface area is 185 Å². The molecule has 3 rings (SSSR count). The number of likely N-dealkylation sites (tertiary alicyclic amines) is 1. The van der Waals surface area contributed by atoms with Crippen molar-refractivity contribution >= 4 is 12.0 Å². The molecule has 1 aliphatic heterocycles. The van der Waals surface area contributed by atoms with Crippen molar-refractivity contribution in [2.75, 3.05) is 26.2 Å². The molecule has 2 aromatic rings. The van der Waals surface area contributed by atoms with Crippen molar-refractivity contribution in [1.29, 1.82) is 0 Å². The standard InChI is InChI=1S/C21H28FN5O5/c1-12-18(19(29)23-6-7-28)13(2)27(25-12)17-8-16(15(22)9-24-17)31-14-10-26(11-14)20(30)32-21(3,4)5/h8-9,14,28H,6-7,10-11H2,1-5H3,(H,23,29). The quantitative estimate of drug-likeness (QED) is 0.690. The highest BCUT2D eigenvalue weighted by atomic mass is 19.1. The van der Waals surface area contributed by atoms with Gasteiger partial charge in [-0.15, -0.1) is 0 Å². The lowest BCUT2D eigenvalue weighted by Crippen LogP contribution is -2.57. The van der Waals surface area contributed by atoms with Gasteiger partial charge in [-0.1, -0.05) is 0 Å². The van der Waals surface area contributed by atoms with Crippen molar-refractivity contribution in [2.24, 2.45) is 0 Å². The fourth-order valence-corrected chi connectivity index (χ4v) is 3.24. The second-order valence-electron chi connectivity index (χ2n) is 8.54. The van der Waals surface area contributed by atoms with Crippen molar-refractivity contribution in [3.05, 3.63) is 35.0 Å². The van der Waals surface area contributed by atoms with Gasteiger partial charge in [-0.2, -0.15) is 5.10 Å². The zero-order valence-electron chi connectivity index (χ0n) is 18.8. The molecule has 0 spiro atoms. The molecule has 1 fully saturated rings. The van der Waals surface area contributed by atoms with Crippen molar-refractivity contribution in [3.8, 4) is 11.6 Å². The van der Waals surface area contributed by atoms with Crippen LogP contribution in [0.3, 0.4) is 0 Å². The number of hydrogen-bond acceptors (Lipinski definition) is 7. The van der Waals surface area contributed by atoms with E-state index < -0.39 is 17.5 Å². The van der Waals surface area contributed by atoms with Gasteiger partial charge in [0, 0.05) is 12.6 Å². The van der Waals surface area contributed by atoms with Crippen LogP contribution in [0.25, 0.3) is 5.82 Å². The number of halogens is 1. The molecule has 11 heteroatoms. The van der Waals surface area contributed by atoms with Crippen LogP contribution in [0.1, 0.15) is 42.5 Å². The Kier molecular flexibility index (Phi) is 6.68. The van der Waals surface area contributed by atoms with Gasteiger partial charge in [0.1, 0.15) is 11.7 Å². The highest BCUT2D eigenvalue weighted by molar-refractivity contribution is 5.96. The average Bonchev–Trinajstić information content (AvgIpc) is 2.96. The topological polar surface area (TPSA) is 119 Å². The minimum Gasteiger partial charge on any atom is -0.483 e. The SMILES string of the molecule is Cc1nn(-c2cc(OC3CN(C(=O)OC(C)(C)C)C3)c(F)cn2)c(C)c1C(=O)NCCO. The molecule has 0 saturated carbocycles. The predicted molar refractivity (Wildman–Crippen MR) is 112 cm³/mol. The number of aliphatic hydroxyl groups is 1. The Morgan fingerprint density at radius 3 is 2.62 bits per heavy atom. The highest BCUT2D eigenvalue weighted by Crippen LogP contribution is 2.25. The lowest BCUT2D eigenvalue weighted by Gasteiger charge is -2.39. The van der Waals surface area contributed by atoms with E-state index in [1.807, 2.05) is 0 Å². The van der Waals surface area contributed by atoms with Gasteiger partial charge in [-0.25, -0.2) is 18.9 Å². The molecule has 0 aliphatic carbocycles. The summed E-state index contributed by atoms with van der Waals surface area (Å²) in [5, 5.41) is 15.9. The smallest absolute Gasteiger partial charge is 0.410 e. The number of aryl methyl sites for hydroxylation is 1. The summed E-state index contributed by atoms with van der Waals surface area (Å²) in [7, 11) is 0.